The molecular weight excluding hydrogens is 576 g/mol. The molecule has 0 aliphatic carbocycles. The quantitative estimate of drug-likeness (QED) is 0.196. The van der Waals surface area contributed by atoms with E-state index >= 15 is 0 Å². The maximum atomic E-state index is 13.5. The van der Waals surface area contributed by atoms with Crippen LogP contribution in [0.2, 0.25) is 5.02 Å². The molecule has 0 unspecified atom stereocenters. The highest BCUT2D eigenvalue weighted by molar-refractivity contribution is 9.10. The number of nitrogens with zero attached hydrogens (tertiary/aromatic N) is 1. The largest absolute Gasteiger partial charge is 0.457 e. The molecular formula is C28H20BrClN2O4S. The van der Waals surface area contributed by atoms with E-state index in [9.17, 15) is 8.42 Å². The predicted molar refractivity (Wildman–Crippen MR) is 147 cm³/mol. The van der Waals surface area contributed by atoms with Gasteiger partial charge in [-0.2, -0.15) is 4.98 Å². The van der Waals surface area contributed by atoms with Crippen LogP contribution in [-0.4, -0.2) is 13.4 Å². The average Bonchev–Trinajstić information content (AvgIpc) is 3.34. The standard InChI is InChI=1S/C28H20BrClN2O4S/c29-21-8-5-7-20(17-21)26-32-28(37(33,34)25-14-12-22(30)13-15-25)27(36-26)31-18-19-6-4-11-24(16-19)35-23-9-2-1-3-10-23/h1-17,31H,18H2. The molecule has 0 fully saturated rings. The summed E-state index contributed by atoms with van der Waals surface area (Å²) >= 11 is 9.40. The van der Waals surface area contributed by atoms with Crippen LogP contribution < -0.4 is 10.1 Å². The zero-order valence-electron chi connectivity index (χ0n) is 19.3. The van der Waals surface area contributed by atoms with E-state index in [1.165, 1.54) is 24.3 Å². The smallest absolute Gasteiger partial charge is 0.234 e. The number of hydrogen-bond acceptors (Lipinski definition) is 6. The van der Waals surface area contributed by atoms with Gasteiger partial charge in [0.2, 0.25) is 26.6 Å². The summed E-state index contributed by atoms with van der Waals surface area (Å²) in [5.41, 5.74) is 1.50. The molecule has 1 heterocycles. The number of oxazole rings is 1. The molecule has 6 nitrogen and oxygen atoms in total. The lowest BCUT2D eigenvalue weighted by atomic mass is 10.2. The van der Waals surface area contributed by atoms with Gasteiger partial charge in [-0.3, -0.25) is 0 Å². The number of para-hydroxylation sites is 1. The van der Waals surface area contributed by atoms with Crippen molar-refractivity contribution in [2.45, 2.75) is 16.5 Å². The van der Waals surface area contributed by atoms with Crippen LogP contribution in [0.5, 0.6) is 11.5 Å². The Morgan fingerprint density at radius 2 is 1.59 bits per heavy atom. The van der Waals surface area contributed by atoms with Gasteiger partial charge in [-0.15, -0.1) is 0 Å². The van der Waals surface area contributed by atoms with Gasteiger partial charge in [0.15, 0.2) is 0 Å². The van der Waals surface area contributed by atoms with Crippen LogP contribution in [-0.2, 0) is 16.4 Å². The lowest BCUT2D eigenvalue weighted by Gasteiger charge is -2.09. The number of benzene rings is 4. The number of halogens is 2. The molecule has 0 bridgehead atoms. The summed E-state index contributed by atoms with van der Waals surface area (Å²) in [6.45, 7) is 0.280. The second kappa shape index (κ2) is 10.8. The first-order chi connectivity index (χ1) is 17.9. The fraction of sp³-hybridized carbons (Fsp3) is 0.0357. The lowest BCUT2D eigenvalue weighted by Crippen LogP contribution is -2.07. The van der Waals surface area contributed by atoms with Gasteiger partial charge in [-0.1, -0.05) is 63.9 Å². The van der Waals surface area contributed by atoms with Gasteiger partial charge in [0.05, 0.1) is 4.90 Å². The van der Waals surface area contributed by atoms with E-state index in [-0.39, 0.29) is 28.2 Å². The van der Waals surface area contributed by atoms with E-state index in [1.807, 2.05) is 66.7 Å². The lowest BCUT2D eigenvalue weighted by molar-refractivity contribution is 0.482. The van der Waals surface area contributed by atoms with E-state index in [0.29, 0.717) is 16.3 Å². The number of aromatic nitrogens is 1. The highest BCUT2D eigenvalue weighted by Gasteiger charge is 2.28. The summed E-state index contributed by atoms with van der Waals surface area (Å²) in [5.74, 6) is 1.60. The summed E-state index contributed by atoms with van der Waals surface area (Å²) in [6.07, 6.45) is 0. The van der Waals surface area contributed by atoms with Crippen LogP contribution in [0.25, 0.3) is 11.5 Å². The maximum absolute atomic E-state index is 13.5. The molecule has 0 radical (unpaired) electrons. The molecule has 37 heavy (non-hydrogen) atoms. The zero-order valence-corrected chi connectivity index (χ0v) is 22.4. The molecule has 5 aromatic rings. The van der Waals surface area contributed by atoms with Crippen molar-refractivity contribution in [2.75, 3.05) is 5.32 Å². The minimum absolute atomic E-state index is 0.0410. The van der Waals surface area contributed by atoms with Crippen molar-refractivity contribution >= 4 is 43.3 Å². The van der Waals surface area contributed by atoms with Crippen LogP contribution in [0, 0.1) is 0 Å². The Kier molecular flexibility index (Phi) is 7.32. The Morgan fingerprint density at radius 1 is 0.865 bits per heavy atom. The SMILES string of the molecule is O=S(=O)(c1ccc(Cl)cc1)c1nc(-c2cccc(Br)c2)oc1NCc1cccc(Oc2ccccc2)c1. The highest BCUT2D eigenvalue weighted by Crippen LogP contribution is 2.34. The summed E-state index contributed by atoms with van der Waals surface area (Å²) in [6, 6.07) is 30.2. The third-order valence-corrected chi connectivity index (χ3v) is 7.80. The fourth-order valence-electron chi connectivity index (χ4n) is 3.60. The molecule has 0 atom stereocenters. The van der Waals surface area contributed by atoms with Crippen LogP contribution in [0.15, 0.2) is 122 Å². The summed E-state index contributed by atoms with van der Waals surface area (Å²) in [5, 5.41) is 3.34. The zero-order chi connectivity index (χ0) is 25.8. The van der Waals surface area contributed by atoms with Crippen molar-refractivity contribution in [2.24, 2.45) is 0 Å². The van der Waals surface area contributed by atoms with E-state index < -0.39 is 9.84 Å². The first-order valence-electron chi connectivity index (χ1n) is 11.2. The van der Waals surface area contributed by atoms with Gasteiger partial charge in [-0.25, -0.2) is 8.42 Å². The number of sulfone groups is 1. The molecule has 0 spiro atoms. The van der Waals surface area contributed by atoms with Crippen LogP contribution in [0.4, 0.5) is 5.88 Å². The van der Waals surface area contributed by atoms with E-state index in [0.717, 1.165) is 15.8 Å². The van der Waals surface area contributed by atoms with E-state index in [4.69, 9.17) is 20.8 Å². The van der Waals surface area contributed by atoms with Crippen molar-refractivity contribution in [1.29, 1.82) is 0 Å². The van der Waals surface area contributed by atoms with Gasteiger partial charge < -0.3 is 14.5 Å². The number of ether oxygens (including phenoxy) is 1. The predicted octanol–water partition coefficient (Wildman–Crippen LogP) is 7.99. The molecule has 0 aliphatic heterocycles. The normalized spacial score (nSPS) is 11.3. The third kappa shape index (κ3) is 5.88. The molecule has 4 aromatic carbocycles. The van der Waals surface area contributed by atoms with Crippen molar-refractivity contribution in [1.82, 2.24) is 4.98 Å². The van der Waals surface area contributed by atoms with Gasteiger partial charge in [0.25, 0.3) is 0 Å². The third-order valence-electron chi connectivity index (χ3n) is 5.38. The molecule has 9 heteroatoms. The highest BCUT2D eigenvalue weighted by atomic mass is 79.9. The topological polar surface area (TPSA) is 81.4 Å². The van der Waals surface area contributed by atoms with Gasteiger partial charge in [-0.05, 0) is 72.3 Å². The van der Waals surface area contributed by atoms with Gasteiger partial charge in [0.1, 0.15) is 11.5 Å². The summed E-state index contributed by atoms with van der Waals surface area (Å²) in [7, 11) is -4.00. The van der Waals surface area contributed by atoms with Crippen LogP contribution in [0.3, 0.4) is 0 Å². The average molecular weight is 596 g/mol. The fourth-order valence-corrected chi connectivity index (χ4v) is 5.40. The maximum Gasteiger partial charge on any atom is 0.234 e. The Morgan fingerprint density at radius 3 is 2.35 bits per heavy atom. The second-order valence-electron chi connectivity index (χ2n) is 8.04. The minimum atomic E-state index is -4.00. The Hall–Kier alpha value is -3.59. The summed E-state index contributed by atoms with van der Waals surface area (Å²) in [4.78, 5) is 4.44. The van der Waals surface area contributed by atoms with Crippen molar-refractivity contribution in [3.8, 4) is 23.0 Å². The molecule has 186 valence electrons. The van der Waals surface area contributed by atoms with E-state index in [2.05, 4.69) is 26.2 Å². The molecule has 0 saturated carbocycles. The van der Waals surface area contributed by atoms with Crippen molar-refractivity contribution in [3.05, 3.63) is 118 Å². The first-order valence-corrected chi connectivity index (χ1v) is 13.9. The number of nitrogens with one attached hydrogen (secondary N) is 1. The molecule has 0 amide bonds. The molecule has 5 rings (SSSR count). The number of hydrogen-bond donors (Lipinski definition) is 1. The summed E-state index contributed by atoms with van der Waals surface area (Å²) < 4.78 is 39.7. The molecule has 1 aromatic heterocycles. The Bertz CT molecular complexity index is 1640. The molecule has 1 N–H and O–H groups in total. The van der Waals surface area contributed by atoms with Crippen LogP contribution in [0.1, 0.15) is 5.56 Å². The first kappa shape index (κ1) is 25.1. The molecule has 0 saturated heterocycles. The Balaban J connectivity index is 1.46. The number of anilines is 1. The number of rotatable bonds is 8. The minimum Gasteiger partial charge on any atom is -0.457 e. The van der Waals surface area contributed by atoms with Crippen LogP contribution >= 0.6 is 27.5 Å². The van der Waals surface area contributed by atoms with E-state index in [1.54, 1.807) is 12.1 Å². The van der Waals surface area contributed by atoms with Crippen molar-refractivity contribution in [3.63, 3.8) is 0 Å². The van der Waals surface area contributed by atoms with Crippen molar-refractivity contribution < 1.29 is 17.6 Å². The molecule has 0 aliphatic rings. The Labute approximate surface area is 227 Å². The monoisotopic (exact) mass is 594 g/mol. The van der Waals surface area contributed by atoms with Gasteiger partial charge >= 0.3 is 0 Å². The van der Waals surface area contributed by atoms with Gasteiger partial charge in [0, 0.05) is 21.6 Å². The second-order valence-corrected chi connectivity index (χ2v) is 11.3.